The topological polar surface area (TPSA) is 43.8 Å². The summed E-state index contributed by atoms with van der Waals surface area (Å²) in [5.41, 5.74) is 8.10. The molecule has 3 nitrogen and oxygen atoms in total. The molecule has 18 heavy (non-hydrogen) atoms. The Morgan fingerprint density at radius 2 is 1.89 bits per heavy atom. The summed E-state index contributed by atoms with van der Waals surface area (Å²) in [6.45, 7) is 0. The van der Waals surface area contributed by atoms with Crippen molar-refractivity contribution in [3.8, 4) is 0 Å². The summed E-state index contributed by atoms with van der Waals surface area (Å²) in [6.07, 6.45) is 5.30. The van der Waals surface area contributed by atoms with Crippen LogP contribution >= 0.6 is 11.6 Å². The third kappa shape index (κ3) is 1.53. The minimum atomic E-state index is 0.523. The third-order valence-corrected chi connectivity index (χ3v) is 4.50. The average Bonchev–Trinajstić information content (AvgIpc) is 3.22. The first-order chi connectivity index (χ1) is 8.75. The molecule has 2 fully saturated rings. The van der Waals surface area contributed by atoms with Crippen molar-refractivity contribution in [2.24, 2.45) is 11.8 Å². The van der Waals surface area contributed by atoms with Gasteiger partial charge in [0.05, 0.1) is 16.1 Å². The number of rotatable bonds is 3. The molecule has 2 aliphatic carbocycles. The van der Waals surface area contributed by atoms with Crippen LogP contribution in [0.1, 0.15) is 31.7 Å². The Balaban J connectivity index is 1.94. The maximum absolute atomic E-state index is 6.35. The fraction of sp³-hybridized carbons (Fsp3) is 0.500. The molecule has 2 N–H and O–H groups in total. The molecule has 4 rings (SSSR count). The highest BCUT2D eigenvalue weighted by Crippen LogP contribution is 2.53. The Morgan fingerprint density at radius 3 is 2.50 bits per heavy atom. The van der Waals surface area contributed by atoms with Gasteiger partial charge in [-0.05, 0) is 49.7 Å². The summed E-state index contributed by atoms with van der Waals surface area (Å²) in [5.74, 6) is 2.20. The van der Waals surface area contributed by atoms with Gasteiger partial charge >= 0.3 is 0 Å². The largest absolute Gasteiger partial charge is 0.369 e. The first-order valence-electron chi connectivity index (χ1n) is 6.67. The lowest BCUT2D eigenvalue weighted by Crippen LogP contribution is -2.16. The molecule has 0 bridgehead atoms. The Morgan fingerprint density at radius 1 is 1.22 bits per heavy atom. The van der Waals surface area contributed by atoms with Crippen molar-refractivity contribution in [1.82, 2.24) is 9.55 Å². The zero-order valence-electron chi connectivity index (χ0n) is 10.1. The summed E-state index contributed by atoms with van der Waals surface area (Å²) in [6, 6.07) is 6.38. The van der Waals surface area contributed by atoms with Gasteiger partial charge in [-0.15, -0.1) is 0 Å². The predicted molar refractivity (Wildman–Crippen MR) is 73.6 cm³/mol. The molecule has 1 aromatic carbocycles. The van der Waals surface area contributed by atoms with Crippen molar-refractivity contribution in [2.45, 2.75) is 31.7 Å². The fourth-order valence-electron chi connectivity index (χ4n) is 3.11. The van der Waals surface area contributed by atoms with Gasteiger partial charge in [0.25, 0.3) is 0 Å². The number of imidazole rings is 1. The number of nitrogen functional groups attached to an aromatic ring is 1. The first kappa shape index (κ1) is 10.7. The Bertz CT molecular complexity index is 599. The fourth-order valence-corrected chi connectivity index (χ4v) is 3.37. The monoisotopic (exact) mass is 261 g/mol. The molecular weight excluding hydrogens is 246 g/mol. The van der Waals surface area contributed by atoms with E-state index in [1.165, 1.54) is 25.7 Å². The normalized spacial score (nSPS) is 19.9. The molecule has 2 aliphatic rings. The second-order valence-corrected chi connectivity index (χ2v) is 6.02. The summed E-state index contributed by atoms with van der Waals surface area (Å²) < 4.78 is 2.22. The maximum Gasteiger partial charge on any atom is 0.201 e. The van der Waals surface area contributed by atoms with E-state index < -0.39 is 0 Å². The smallest absolute Gasteiger partial charge is 0.201 e. The van der Waals surface area contributed by atoms with E-state index in [0.717, 1.165) is 27.9 Å². The number of aromatic nitrogens is 2. The van der Waals surface area contributed by atoms with Crippen LogP contribution in [0.25, 0.3) is 11.0 Å². The van der Waals surface area contributed by atoms with Gasteiger partial charge in [0.2, 0.25) is 5.95 Å². The molecule has 94 valence electrons. The van der Waals surface area contributed by atoms with Gasteiger partial charge in [0, 0.05) is 6.04 Å². The van der Waals surface area contributed by atoms with E-state index in [1.54, 1.807) is 0 Å². The lowest BCUT2D eigenvalue weighted by Gasteiger charge is -2.20. The number of hydrogen-bond acceptors (Lipinski definition) is 2. The highest BCUT2D eigenvalue weighted by molar-refractivity contribution is 6.35. The summed E-state index contributed by atoms with van der Waals surface area (Å²) in [7, 11) is 0. The number of nitrogens with two attached hydrogens (primary N) is 1. The van der Waals surface area contributed by atoms with Crippen LogP contribution in [0.4, 0.5) is 5.95 Å². The van der Waals surface area contributed by atoms with Crippen LogP contribution in [0.5, 0.6) is 0 Å². The van der Waals surface area contributed by atoms with Crippen molar-refractivity contribution in [3.63, 3.8) is 0 Å². The van der Waals surface area contributed by atoms with E-state index in [9.17, 15) is 0 Å². The SMILES string of the molecule is Nc1nc2cccc(Cl)c2n1C(C1CC1)C1CC1. The van der Waals surface area contributed by atoms with E-state index in [-0.39, 0.29) is 0 Å². The average molecular weight is 262 g/mol. The van der Waals surface area contributed by atoms with Crippen LogP contribution in [-0.4, -0.2) is 9.55 Å². The number of benzene rings is 1. The second kappa shape index (κ2) is 3.64. The quantitative estimate of drug-likeness (QED) is 0.917. The van der Waals surface area contributed by atoms with E-state index in [4.69, 9.17) is 17.3 Å². The van der Waals surface area contributed by atoms with Gasteiger partial charge in [-0.2, -0.15) is 0 Å². The molecule has 1 aromatic heterocycles. The summed E-state index contributed by atoms with van der Waals surface area (Å²) in [5, 5.41) is 0.767. The molecule has 2 saturated carbocycles. The van der Waals surface area contributed by atoms with Crippen LogP contribution in [0.3, 0.4) is 0 Å². The van der Waals surface area contributed by atoms with Crippen molar-refractivity contribution < 1.29 is 0 Å². The summed E-state index contributed by atoms with van der Waals surface area (Å²) >= 11 is 6.35. The van der Waals surface area contributed by atoms with Crippen molar-refractivity contribution in [1.29, 1.82) is 0 Å². The lowest BCUT2D eigenvalue weighted by molar-refractivity contribution is 0.409. The van der Waals surface area contributed by atoms with Crippen LogP contribution in [-0.2, 0) is 0 Å². The molecule has 0 unspecified atom stereocenters. The number of hydrogen-bond donors (Lipinski definition) is 1. The zero-order valence-corrected chi connectivity index (χ0v) is 10.9. The van der Waals surface area contributed by atoms with Gasteiger partial charge in [-0.3, -0.25) is 0 Å². The molecule has 2 aromatic rings. The number of para-hydroxylation sites is 1. The lowest BCUT2D eigenvalue weighted by atomic mass is 10.1. The van der Waals surface area contributed by atoms with Gasteiger partial charge in [-0.25, -0.2) is 4.98 Å². The van der Waals surface area contributed by atoms with Crippen molar-refractivity contribution >= 4 is 28.6 Å². The molecular formula is C14H16ClN3. The Kier molecular flexibility index (Phi) is 2.16. The van der Waals surface area contributed by atoms with Gasteiger partial charge in [0.1, 0.15) is 0 Å². The van der Waals surface area contributed by atoms with E-state index in [0.29, 0.717) is 12.0 Å². The van der Waals surface area contributed by atoms with Crippen molar-refractivity contribution in [2.75, 3.05) is 5.73 Å². The van der Waals surface area contributed by atoms with Gasteiger partial charge in [0.15, 0.2) is 0 Å². The molecule has 1 heterocycles. The highest BCUT2D eigenvalue weighted by Gasteiger charge is 2.44. The van der Waals surface area contributed by atoms with E-state index >= 15 is 0 Å². The van der Waals surface area contributed by atoms with Gasteiger partial charge in [-0.1, -0.05) is 17.7 Å². The number of nitrogens with zero attached hydrogens (tertiary/aromatic N) is 2. The molecule has 0 radical (unpaired) electrons. The van der Waals surface area contributed by atoms with Gasteiger partial charge < -0.3 is 10.3 Å². The Labute approximate surface area is 111 Å². The zero-order chi connectivity index (χ0) is 12.3. The molecule has 0 spiro atoms. The molecule has 0 amide bonds. The van der Waals surface area contributed by atoms with E-state index in [1.807, 2.05) is 18.2 Å². The minimum Gasteiger partial charge on any atom is -0.369 e. The molecule has 0 saturated heterocycles. The van der Waals surface area contributed by atoms with Crippen LogP contribution in [0.15, 0.2) is 18.2 Å². The number of halogens is 1. The first-order valence-corrected chi connectivity index (χ1v) is 7.05. The van der Waals surface area contributed by atoms with Crippen LogP contribution in [0.2, 0.25) is 5.02 Å². The van der Waals surface area contributed by atoms with Crippen LogP contribution < -0.4 is 5.73 Å². The van der Waals surface area contributed by atoms with Crippen molar-refractivity contribution in [3.05, 3.63) is 23.2 Å². The number of fused-ring (bicyclic) bond motifs is 1. The van der Waals surface area contributed by atoms with Crippen LogP contribution in [0, 0.1) is 11.8 Å². The number of anilines is 1. The predicted octanol–water partition coefficient (Wildman–Crippen LogP) is 3.63. The molecule has 4 heteroatoms. The second-order valence-electron chi connectivity index (χ2n) is 5.61. The Hall–Kier alpha value is -1.22. The maximum atomic E-state index is 6.35. The molecule has 0 atom stereocenters. The summed E-state index contributed by atoms with van der Waals surface area (Å²) in [4.78, 5) is 4.47. The third-order valence-electron chi connectivity index (χ3n) is 4.20. The highest BCUT2D eigenvalue weighted by atomic mass is 35.5. The molecule has 0 aliphatic heterocycles. The minimum absolute atomic E-state index is 0.523. The van der Waals surface area contributed by atoms with E-state index in [2.05, 4.69) is 9.55 Å². The standard InChI is InChI=1S/C14H16ClN3/c15-10-2-1-3-11-13(10)18(14(16)17-11)12(8-4-5-8)9-6-7-9/h1-3,8-9,12H,4-7H2,(H2,16,17).